The van der Waals surface area contributed by atoms with Gasteiger partial charge in [-0.25, -0.2) is 0 Å². The summed E-state index contributed by atoms with van der Waals surface area (Å²) in [5, 5.41) is 12.6. The molecule has 0 radical (unpaired) electrons. The van der Waals surface area contributed by atoms with Gasteiger partial charge in [-0.1, -0.05) is 42.9 Å². The van der Waals surface area contributed by atoms with Crippen LogP contribution in [-0.2, 0) is 4.79 Å². The fraction of sp³-hybridized carbons (Fsp3) is 0.474. The van der Waals surface area contributed by atoms with E-state index in [1.807, 2.05) is 18.7 Å². The van der Waals surface area contributed by atoms with Crippen LogP contribution < -0.4 is 5.32 Å². The van der Waals surface area contributed by atoms with Gasteiger partial charge in [-0.05, 0) is 43.9 Å². The molecule has 0 aliphatic carbocycles. The van der Waals surface area contributed by atoms with Gasteiger partial charge in [0.05, 0.1) is 6.04 Å². The number of nitrogens with zero attached hydrogens (tertiary/aromatic N) is 3. The maximum Gasteiger partial charge on any atom is 0.286 e. The normalized spacial score (nSPS) is 16.7. The van der Waals surface area contributed by atoms with Crippen molar-refractivity contribution in [2.24, 2.45) is 5.92 Å². The Labute approximate surface area is 167 Å². The molecule has 1 aliphatic rings. The first-order valence-corrected chi connectivity index (χ1v) is 10.4. The van der Waals surface area contributed by atoms with Crippen LogP contribution in [0.3, 0.4) is 0 Å². The van der Waals surface area contributed by atoms with Gasteiger partial charge >= 0.3 is 0 Å². The first kappa shape index (κ1) is 19.8. The van der Waals surface area contributed by atoms with E-state index >= 15 is 0 Å². The number of amides is 2. The van der Waals surface area contributed by atoms with Crippen LogP contribution in [0.2, 0.25) is 5.02 Å². The Morgan fingerprint density at radius 1 is 1.33 bits per heavy atom. The van der Waals surface area contributed by atoms with Crippen molar-refractivity contribution in [3.63, 3.8) is 0 Å². The third-order valence-electron chi connectivity index (χ3n) is 4.87. The minimum Gasteiger partial charge on any atom is -0.333 e. The Bertz CT molecular complexity index is 822. The maximum absolute atomic E-state index is 12.8. The predicted octanol–water partition coefficient (Wildman–Crippen LogP) is 4.54. The van der Waals surface area contributed by atoms with Crippen molar-refractivity contribution in [3.8, 4) is 0 Å². The van der Waals surface area contributed by atoms with Crippen LogP contribution in [0.5, 0.6) is 0 Å². The molecule has 27 heavy (non-hydrogen) atoms. The monoisotopic (exact) mass is 406 g/mol. The van der Waals surface area contributed by atoms with E-state index in [0.717, 1.165) is 37.2 Å². The highest BCUT2D eigenvalue weighted by molar-refractivity contribution is 7.13. The Morgan fingerprint density at radius 2 is 2.11 bits per heavy atom. The molecule has 1 N–H and O–H groups in total. The topological polar surface area (TPSA) is 75.2 Å². The number of hydrogen-bond acceptors (Lipinski definition) is 5. The summed E-state index contributed by atoms with van der Waals surface area (Å²) >= 11 is 7.19. The van der Waals surface area contributed by atoms with Gasteiger partial charge in [0.25, 0.3) is 5.91 Å². The van der Waals surface area contributed by atoms with E-state index in [2.05, 4.69) is 15.5 Å². The molecule has 6 nitrogen and oxygen atoms in total. The smallest absolute Gasteiger partial charge is 0.286 e. The predicted molar refractivity (Wildman–Crippen MR) is 107 cm³/mol. The zero-order chi connectivity index (χ0) is 19.4. The van der Waals surface area contributed by atoms with Gasteiger partial charge in [0.15, 0.2) is 0 Å². The van der Waals surface area contributed by atoms with Gasteiger partial charge in [0.2, 0.25) is 10.9 Å². The number of hydrogen-bond donors (Lipinski definition) is 1. The summed E-state index contributed by atoms with van der Waals surface area (Å²) in [6.07, 6.45) is 3.47. The molecule has 2 heterocycles. The molecule has 144 valence electrons. The summed E-state index contributed by atoms with van der Waals surface area (Å²) in [6, 6.07) is 6.87. The number of rotatable bonds is 6. The lowest BCUT2D eigenvalue weighted by atomic mass is 10.0. The number of nitrogens with one attached hydrogen (secondary N) is 1. The number of likely N-dealkylation sites (tertiary alicyclic amines) is 1. The summed E-state index contributed by atoms with van der Waals surface area (Å²) in [5.74, 6) is -0.0939. The molecule has 1 fully saturated rings. The SMILES string of the molecule is CCC(CC)C(=O)N1CCC[C@H]1c1nnc(C(=O)Nc2cccc(Cl)c2)s1. The van der Waals surface area contributed by atoms with Gasteiger partial charge in [-0.3, -0.25) is 9.59 Å². The lowest BCUT2D eigenvalue weighted by molar-refractivity contribution is -0.136. The second-order valence-corrected chi connectivity index (χ2v) is 8.06. The summed E-state index contributed by atoms with van der Waals surface area (Å²) < 4.78 is 0. The number of carbonyl (C=O) groups excluding carboxylic acids is 2. The molecule has 8 heteroatoms. The molecule has 0 saturated carbocycles. The maximum atomic E-state index is 12.8. The molecule has 1 aromatic carbocycles. The Balaban J connectivity index is 1.72. The van der Waals surface area contributed by atoms with Crippen molar-refractivity contribution in [2.45, 2.75) is 45.6 Å². The van der Waals surface area contributed by atoms with Gasteiger partial charge < -0.3 is 10.2 Å². The minimum absolute atomic E-state index is 0.0455. The average Bonchev–Trinajstić information content (AvgIpc) is 3.32. The van der Waals surface area contributed by atoms with Gasteiger partial charge in [-0.15, -0.1) is 10.2 Å². The van der Waals surface area contributed by atoms with E-state index in [0.29, 0.717) is 10.7 Å². The molecule has 1 aliphatic heterocycles. The molecule has 0 unspecified atom stereocenters. The van der Waals surface area contributed by atoms with E-state index in [4.69, 9.17) is 11.6 Å². The quantitative estimate of drug-likeness (QED) is 0.763. The fourth-order valence-electron chi connectivity index (χ4n) is 3.37. The Morgan fingerprint density at radius 3 is 2.81 bits per heavy atom. The van der Waals surface area contributed by atoms with Crippen molar-refractivity contribution in [2.75, 3.05) is 11.9 Å². The van der Waals surface area contributed by atoms with E-state index in [9.17, 15) is 9.59 Å². The second-order valence-electron chi connectivity index (χ2n) is 6.61. The molecule has 1 atom stereocenters. The van der Waals surface area contributed by atoms with Crippen molar-refractivity contribution >= 4 is 40.4 Å². The van der Waals surface area contributed by atoms with Crippen LogP contribution in [0.15, 0.2) is 24.3 Å². The van der Waals surface area contributed by atoms with E-state index in [1.54, 1.807) is 24.3 Å². The van der Waals surface area contributed by atoms with Crippen molar-refractivity contribution in [1.82, 2.24) is 15.1 Å². The summed E-state index contributed by atoms with van der Waals surface area (Å²) in [4.78, 5) is 27.2. The standard InChI is InChI=1S/C19H23ClN4O2S/c1-3-12(4-2)19(26)24-10-6-9-15(24)17-22-23-18(27-17)16(25)21-14-8-5-7-13(20)11-14/h5,7-8,11-12,15H,3-4,6,9-10H2,1-2H3,(H,21,25)/t15-/m0/s1. The molecule has 1 aromatic heterocycles. The third-order valence-corrected chi connectivity index (χ3v) is 6.13. The summed E-state index contributed by atoms with van der Waals surface area (Å²) in [7, 11) is 0. The highest BCUT2D eigenvalue weighted by atomic mass is 35.5. The molecular formula is C19H23ClN4O2S. The first-order valence-electron chi connectivity index (χ1n) is 9.24. The Hall–Kier alpha value is -1.99. The highest BCUT2D eigenvalue weighted by Gasteiger charge is 2.35. The molecule has 0 bridgehead atoms. The second kappa shape index (κ2) is 8.80. The van der Waals surface area contributed by atoms with Crippen LogP contribution in [0, 0.1) is 5.92 Å². The van der Waals surface area contributed by atoms with E-state index < -0.39 is 0 Å². The van der Waals surface area contributed by atoms with Crippen LogP contribution in [-0.4, -0.2) is 33.5 Å². The van der Waals surface area contributed by atoms with Gasteiger partial charge in [0, 0.05) is 23.2 Å². The van der Waals surface area contributed by atoms with E-state index in [1.165, 1.54) is 11.3 Å². The molecule has 1 saturated heterocycles. The number of aromatic nitrogens is 2. The van der Waals surface area contributed by atoms with Crippen LogP contribution in [0.4, 0.5) is 5.69 Å². The molecule has 0 spiro atoms. The number of benzene rings is 1. The zero-order valence-electron chi connectivity index (χ0n) is 15.4. The zero-order valence-corrected chi connectivity index (χ0v) is 17.0. The number of anilines is 1. The Kier molecular flexibility index (Phi) is 6.44. The minimum atomic E-state index is -0.322. The van der Waals surface area contributed by atoms with Gasteiger partial charge in [0.1, 0.15) is 5.01 Å². The number of halogens is 1. The van der Waals surface area contributed by atoms with Crippen molar-refractivity contribution in [1.29, 1.82) is 0 Å². The summed E-state index contributed by atoms with van der Waals surface area (Å²) in [5.41, 5.74) is 0.607. The van der Waals surface area contributed by atoms with Gasteiger partial charge in [-0.2, -0.15) is 0 Å². The van der Waals surface area contributed by atoms with Crippen LogP contribution in [0.1, 0.15) is 60.4 Å². The fourth-order valence-corrected chi connectivity index (χ4v) is 4.45. The van der Waals surface area contributed by atoms with Crippen molar-refractivity contribution in [3.05, 3.63) is 39.3 Å². The average molecular weight is 407 g/mol. The molecule has 2 aromatic rings. The molecule has 3 rings (SSSR count). The first-order chi connectivity index (χ1) is 13.0. The lowest BCUT2D eigenvalue weighted by Gasteiger charge is -2.26. The van der Waals surface area contributed by atoms with Crippen LogP contribution in [0.25, 0.3) is 0 Å². The largest absolute Gasteiger partial charge is 0.333 e. The third kappa shape index (κ3) is 4.47. The highest BCUT2D eigenvalue weighted by Crippen LogP contribution is 2.35. The van der Waals surface area contributed by atoms with Crippen molar-refractivity contribution < 1.29 is 9.59 Å². The molecular weight excluding hydrogens is 384 g/mol. The summed E-state index contributed by atoms with van der Waals surface area (Å²) in [6.45, 7) is 4.82. The van der Waals surface area contributed by atoms with Crippen LogP contribution >= 0.6 is 22.9 Å². The van der Waals surface area contributed by atoms with E-state index in [-0.39, 0.29) is 28.8 Å². The lowest BCUT2D eigenvalue weighted by Crippen LogP contribution is -2.35. The molecule has 2 amide bonds. The number of carbonyl (C=O) groups is 2.